The lowest BCUT2D eigenvalue weighted by Gasteiger charge is -2.30. The van der Waals surface area contributed by atoms with Crippen molar-refractivity contribution < 1.29 is 0 Å². The van der Waals surface area contributed by atoms with E-state index in [1.165, 1.54) is 44.9 Å². The van der Waals surface area contributed by atoms with E-state index >= 15 is 0 Å². The molecular formula is C17H29N. The van der Waals surface area contributed by atoms with Crippen LogP contribution in [0.5, 0.6) is 0 Å². The Kier molecular flexibility index (Phi) is 4.08. The first kappa shape index (κ1) is 12.7. The number of nitrogens with one attached hydrogen (secondary N) is 1. The largest absolute Gasteiger partial charge is 0.311 e. The molecule has 102 valence electrons. The second-order valence-corrected chi connectivity index (χ2v) is 6.81. The average molecular weight is 247 g/mol. The van der Waals surface area contributed by atoms with Crippen LogP contribution in [0.4, 0.5) is 0 Å². The number of hydrogen-bond donors (Lipinski definition) is 1. The van der Waals surface area contributed by atoms with E-state index in [9.17, 15) is 0 Å². The molecule has 3 rings (SSSR count). The highest BCUT2D eigenvalue weighted by Crippen LogP contribution is 2.50. The van der Waals surface area contributed by atoms with Gasteiger partial charge < -0.3 is 5.32 Å². The van der Waals surface area contributed by atoms with Crippen molar-refractivity contribution in [2.45, 2.75) is 70.8 Å². The molecule has 0 radical (unpaired) electrons. The summed E-state index contributed by atoms with van der Waals surface area (Å²) in [4.78, 5) is 0. The first-order valence-corrected chi connectivity index (χ1v) is 8.29. The molecule has 1 N–H and O–H groups in total. The third kappa shape index (κ3) is 2.66. The van der Waals surface area contributed by atoms with E-state index in [1.54, 1.807) is 18.4 Å². The Labute approximate surface area is 112 Å². The van der Waals surface area contributed by atoms with Crippen molar-refractivity contribution in [2.75, 3.05) is 6.54 Å². The van der Waals surface area contributed by atoms with Crippen molar-refractivity contribution in [3.63, 3.8) is 0 Å². The minimum absolute atomic E-state index is 0.708. The zero-order valence-corrected chi connectivity index (χ0v) is 12.0. The monoisotopic (exact) mass is 247 g/mol. The molecule has 4 unspecified atom stereocenters. The minimum atomic E-state index is 0.708. The molecule has 4 atom stereocenters. The molecule has 1 heteroatoms. The van der Waals surface area contributed by atoms with Gasteiger partial charge in [-0.2, -0.15) is 0 Å². The van der Waals surface area contributed by atoms with E-state index in [1.807, 2.05) is 0 Å². The van der Waals surface area contributed by atoms with Crippen LogP contribution in [0.3, 0.4) is 0 Å². The summed E-state index contributed by atoms with van der Waals surface area (Å²) in [5.41, 5.74) is 1.74. The summed E-state index contributed by atoms with van der Waals surface area (Å²) in [5.74, 6) is 3.22. The Bertz CT molecular complexity index is 307. The zero-order chi connectivity index (χ0) is 12.4. The molecular weight excluding hydrogens is 218 g/mol. The van der Waals surface area contributed by atoms with Crippen molar-refractivity contribution in [3.8, 4) is 0 Å². The highest BCUT2D eigenvalue weighted by molar-refractivity contribution is 5.14. The maximum atomic E-state index is 3.77. The van der Waals surface area contributed by atoms with Crippen LogP contribution >= 0.6 is 0 Å². The van der Waals surface area contributed by atoms with Gasteiger partial charge in [-0.15, -0.1) is 0 Å². The Morgan fingerprint density at radius 3 is 2.83 bits per heavy atom. The molecule has 2 saturated carbocycles. The summed E-state index contributed by atoms with van der Waals surface area (Å²) in [6.07, 6.45) is 15.7. The maximum absolute atomic E-state index is 3.77. The Morgan fingerprint density at radius 1 is 1.28 bits per heavy atom. The van der Waals surface area contributed by atoms with Gasteiger partial charge in [0.25, 0.3) is 0 Å². The molecule has 0 aromatic rings. The molecule has 0 aromatic heterocycles. The molecule has 0 spiro atoms. The van der Waals surface area contributed by atoms with Gasteiger partial charge in [0, 0.05) is 6.04 Å². The van der Waals surface area contributed by atoms with Crippen molar-refractivity contribution in [3.05, 3.63) is 11.6 Å². The third-order valence-corrected chi connectivity index (χ3v) is 5.65. The van der Waals surface area contributed by atoms with Gasteiger partial charge >= 0.3 is 0 Å². The van der Waals surface area contributed by atoms with Crippen LogP contribution in [0, 0.1) is 17.8 Å². The zero-order valence-electron chi connectivity index (χ0n) is 12.0. The second kappa shape index (κ2) is 5.77. The van der Waals surface area contributed by atoms with Crippen molar-refractivity contribution in [1.29, 1.82) is 0 Å². The van der Waals surface area contributed by atoms with Crippen LogP contribution in [-0.2, 0) is 0 Å². The van der Waals surface area contributed by atoms with Gasteiger partial charge in [-0.1, -0.05) is 25.0 Å². The van der Waals surface area contributed by atoms with Gasteiger partial charge in [-0.25, -0.2) is 0 Å². The fourth-order valence-corrected chi connectivity index (χ4v) is 4.76. The second-order valence-electron chi connectivity index (χ2n) is 6.81. The summed E-state index contributed by atoms with van der Waals surface area (Å²) in [7, 11) is 0. The quantitative estimate of drug-likeness (QED) is 0.715. The number of allylic oxidation sites excluding steroid dienone is 1. The van der Waals surface area contributed by atoms with Gasteiger partial charge in [0.05, 0.1) is 0 Å². The van der Waals surface area contributed by atoms with E-state index in [2.05, 4.69) is 18.3 Å². The van der Waals surface area contributed by atoms with Gasteiger partial charge in [0.15, 0.2) is 0 Å². The standard InChI is InChI=1S/C17H29N/c1-2-18-17(14-6-4-3-5-7-14)12-16-11-13-8-9-15(16)10-13/h6,13,15-18H,2-5,7-12H2,1H3. The summed E-state index contributed by atoms with van der Waals surface area (Å²) < 4.78 is 0. The van der Waals surface area contributed by atoms with E-state index in [0.717, 1.165) is 24.3 Å². The molecule has 3 aliphatic carbocycles. The fourth-order valence-electron chi connectivity index (χ4n) is 4.76. The van der Waals surface area contributed by atoms with Crippen molar-refractivity contribution in [2.24, 2.45) is 17.8 Å². The van der Waals surface area contributed by atoms with Crippen LogP contribution < -0.4 is 5.32 Å². The van der Waals surface area contributed by atoms with Gasteiger partial charge in [0.2, 0.25) is 0 Å². The topological polar surface area (TPSA) is 12.0 Å². The SMILES string of the molecule is CCNC(CC1CC2CCC1C2)C1=CCCCC1. The first-order valence-electron chi connectivity index (χ1n) is 8.29. The van der Waals surface area contributed by atoms with Crippen LogP contribution in [-0.4, -0.2) is 12.6 Å². The average Bonchev–Trinajstić information content (AvgIpc) is 3.01. The highest BCUT2D eigenvalue weighted by Gasteiger charge is 2.40. The molecule has 2 fully saturated rings. The van der Waals surface area contributed by atoms with Gasteiger partial charge in [-0.05, 0) is 75.7 Å². The molecule has 0 aromatic carbocycles. The van der Waals surface area contributed by atoms with Crippen LogP contribution in [0.25, 0.3) is 0 Å². The van der Waals surface area contributed by atoms with E-state index < -0.39 is 0 Å². The molecule has 1 nitrogen and oxygen atoms in total. The molecule has 2 bridgehead atoms. The summed E-state index contributed by atoms with van der Waals surface area (Å²) >= 11 is 0. The molecule has 3 aliphatic rings. The lowest BCUT2D eigenvalue weighted by Crippen LogP contribution is -2.34. The predicted octanol–water partition coefficient (Wildman–Crippen LogP) is 4.29. The molecule has 18 heavy (non-hydrogen) atoms. The Balaban J connectivity index is 1.61. The third-order valence-electron chi connectivity index (χ3n) is 5.65. The smallest absolute Gasteiger partial charge is 0.0282 e. The molecule has 0 saturated heterocycles. The lowest BCUT2D eigenvalue weighted by atomic mass is 9.81. The van der Waals surface area contributed by atoms with Crippen LogP contribution in [0.1, 0.15) is 64.7 Å². The number of rotatable bonds is 5. The normalized spacial score (nSPS) is 36.7. The molecule has 0 amide bonds. The van der Waals surface area contributed by atoms with Crippen molar-refractivity contribution >= 4 is 0 Å². The molecule has 0 aliphatic heterocycles. The number of hydrogen-bond acceptors (Lipinski definition) is 1. The minimum Gasteiger partial charge on any atom is -0.311 e. The number of likely N-dealkylation sites (N-methyl/N-ethyl adjacent to an activating group) is 1. The van der Waals surface area contributed by atoms with E-state index in [-0.39, 0.29) is 0 Å². The Morgan fingerprint density at radius 2 is 2.22 bits per heavy atom. The van der Waals surface area contributed by atoms with Gasteiger partial charge in [-0.3, -0.25) is 0 Å². The maximum Gasteiger partial charge on any atom is 0.0282 e. The van der Waals surface area contributed by atoms with E-state index in [0.29, 0.717) is 6.04 Å². The van der Waals surface area contributed by atoms with Crippen LogP contribution in [0.15, 0.2) is 11.6 Å². The predicted molar refractivity (Wildman–Crippen MR) is 77.6 cm³/mol. The highest BCUT2D eigenvalue weighted by atomic mass is 14.9. The van der Waals surface area contributed by atoms with Crippen molar-refractivity contribution in [1.82, 2.24) is 5.32 Å². The fraction of sp³-hybridized carbons (Fsp3) is 0.882. The lowest BCUT2D eigenvalue weighted by molar-refractivity contribution is 0.287. The molecule has 0 heterocycles. The van der Waals surface area contributed by atoms with Crippen LogP contribution in [0.2, 0.25) is 0 Å². The summed E-state index contributed by atoms with van der Waals surface area (Å²) in [5, 5.41) is 3.77. The summed E-state index contributed by atoms with van der Waals surface area (Å²) in [6, 6.07) is 0.708. The Hall–Kier alpha value is -0.300. The first-order chi connectivity index (χ1) is 8.86. The summed E-state index contributed by atoms with van der Waals surface area (Å²) in [6.45, 7) is 3.39. The van der Waals surface area contributed by atoms with E-state index in [4.69, 9.17) is 0 Å². The number of fused-ring (bicyclic) bond motifs is 2. The van der Waals surface area contributed by atoms with Gasteiger partial charge in [0.1, 0.15) is 0 Å².